The number of likely N-dealkylation sites (tertiary alicyclic amines) is 1. The minimum absolute atomic E-state index is 0.605. The Morgan fingerprint density at radius 2 is 1.68 bits per heavy atom. The highest BCUT2D eigenvalue weighted by Crippen LogP contribution is 2.36. The van der Waals surface area contributed by atoms with Crippen molar-refractivity contribution in [1.82, 2.24) is 4.90 Å². The van der Waals surface area contributed by atoms with Crippen molar-refractivity contribution in [1.29, 1.82) is 0 Å². The van der Waals surface area contributed by atoms with Crippen LogP contribution in [0.5, 0.6) is 11.5 Å². The van der Waals surface area contributed by atoms with Crippen molar-refractivity contribution in [2.75, 3.05) is 38.7 Å². The summed E-state index contributed by atoms with van der Waals surface area (Å²) in [7, 11) is 2.22. The fraction of sp³-hybridized carbons (Fsp3) is 0.417. The van der Waals surface area contributed by atoms with Gasteiger partial charge in [0.15, 0.2) is 11.5 Å². The van der Waals surface area contributed by atoms with Gasteiger partial charge >= 0.3 is 0 Å². The molecule has 4 heteroatoms. The van der Waals surface area contributed by atoms with E-state index in [1.807, 2.05) is 18.2 Å². The highest BCUT2D eigenvalue weighted by atomic mass is 16.6. The molecule has 28 heavy (non-hydrogen) atoms. The average Bonchev–Trinajstić information content (AvgIpc) is 2.71. The van der Waals surface area contributed by atoms with Crippen molar-refractivity contribution in [2.45, 2.75) is 26.7 Å². The number of aryl methyl sites for hydroxylation is 1. The molecule has 2 aliphatic rings. The van der Waals surface area contributed by atoms with Crippen LogP contribution >= 0.6 is 0 Å². The SMILES string of the molecule is C/C=C(\c1ccc(Nc2ccc3c(c2)OCCO3)cc1C)C1CCN(C)CC1. The van der Waals surface area contributed by atoms with Crippen molar-refractivity contribution in [3.05, 3.63) is 53.6 Å². The van der Waals surface area contributed by atoms with Crippen LogP contribution in [0.1, 0.15) is 30.9 Å². The minimum Gasteiger partial charge on any atom is -0.486 e. The van der Waals surface area contributed by atoms with Gasteiger partial charge in [0.1, 0.15) is 13.2 Å². The Labute approximate surface area is 168 Å². The molecule has 0 aromatic heterocycles. The molecule has 2 aliphatic heterocycles. The normalized spacial score (nSPS) is 18.2. The van der Waals surface area contributed by atoms with Gasteiger partial charge < -0.3 is 19.7 Å². The van der Waals surface area contributed by atoms with E-state index in [1.54, 1.807) is 0 Å². The van der Waals surface area contributed by atoms with E-state index in [0.29, 0.717) is 19.1 Å². The standard InChI is InChI=1S/C24H30N2O2/c1-4-21(18-9-11-26(3)12-10-18)22-7-5-19(15-17(22)2)25-20-6-8-23-24(16-20)28-14-13-27-23/h4-8,15-16,18,25H,9-14H2,1-3H3/b21-4-. The van der Waals surface area contributed by atoms with Crippen molar-refractivity contribution in [3.8, 4) is 11.5 Å². The van der Waals surface area contributed by atoms with Gasteiger partial charge in [-0.25, -0.2) is 0 Å². The zero-order valence-electron chi connectivity index (χ0n) is 17.1. The van der Waals surface area contributed by atoms with Crippen LogP contribution in [0.3, 0.4) is 0 Å². The van der Waals surface area contributed by atoms with E-state index in [9.17, 15) is 0 Å². The number of piperidine rings is 1. The van der Waals surface area contributed by atoms with Crippen LogP contribution in [0.15, 0.2) is 42.5 Å². The summed E-state index contributed by atoms with van der Waals surface area (Å²) >= 11 is 0. The molecule has 0 spiro atoms. The lowest BCUT2D eigenvalue weighted by atomic mass is 9.83. The first kappa shape index (κ1) is 18.9. The summed E-state index contributed by atoms with van der Waals surface area (Å²) in [5, 5.41) is 3.50. The van der Waals surface area contributed by atoms with Gasteiger partial charge in [-0.05, 0) is 93.7 Å². The Bertz CT molecular complexity index is 867. The fourth-order valence-corrected chi connectivity index (χ4v) is 4.28. The molecule has 2 aromatic carbocycles. The summed E-state index contributed by atoms with van der Waals surface area (Å²) in [5.74, 6) is 2.29. The first-order valence-corrected chi connectivity index (χ1v) is 10.3. The van der Waals surface area contributed by atoms with Crippen LogP contribution in [0.2, 0.25) is 0 Å². The quantitative estimate of drug-likeness (QED) is 0.787. The third-order valence-electron chi connectivity index (χ3n) is 5.84. The number of hydrogen-bond donors (Lipinski definition) is 1. The second kappa shape index (κ2) is 8.27. The molecule has 0 radical (unpaired) electrons. The van der Waals surface area contributed by atoms with Gasteiger partial charge in [-0.3, -0.25) is 0 Å². The van der Waals surface area contributed by atoms with Gasteiger partial charge in [-0.15, -0.1) is 0 Å². The predicted molar refractivity (Wildman–Crippen MR) is 116 cm³/mol. The van der Waals surface area contributed by atoms with Crippen LogP contribution in [-0.2, 0) is 0 Å². The summed E-state index contributed by atoms with van der Waals surface area (Å²) < 4.78 is 11.3. The Kier molecular flexibility index (Phi) is 5.58. The number of nitrogens with zero attached hydrogens (tertiary/aromatic N) is 1. The summed E-state index contributed by atoms with van der Waals surface area (Å²) in [5.41, 5.74) is 6.30. The van der Waals surface area contributed by atoms with Crippen molar-refractivity contribution >= 4 is 16.9 Å². The van der Waals surface area contributed by atoms with Crippen LogP contribution in [0.4, 0.5) is 11.4 Å². The highest BCUT2D eigenvalue weighted by molar-refractivity contribution is 5.73. The molecule has 0 amide bonds. The molecule has 0 saturated carbocycles. The molecular formula is C24H30N2O2. The lowest BCUT2D eigenvalue weighted by Gasteiger charge is -2.31. The third-order valence-corrected chi connectivity index (χ3v) is 5.84. The van der Waals surface area contributed by atoms with Crippen LogP contribution in [0, 0.1) is 12.8 Å². The summed E-state index contributed by atoms with van der Waals surface area (Å²) in [4.78, 5) is 2.43. The molecule has 4 nitrogen and oxygen atoms in total. The van der Waals surface area contributed by atoms with Crippen LogP contribution < -0.4 is 14.8 Å². The van der Waals surface area contributed by atoms with Gasteiger partial charge in [-0.1, -0.05) is 12.1 Å². The molecule has 2 aromatic rings. The van der Waals surface area contributed by atoms with E-state index >= 15 is 0 Å². The monoisotopic (exact) mass is 378 g/mol. The van der Waals surface area contributed by atoms with E-state index in [2.05, 4.69) is 55.4 Å². The van der Waals surface area contributed by atoms with Crippen molar-refractivity contribution in [2.24, 2.45) is 5.92 Å². The number of fused-ring (bicyclic) bond motifs is 1. The maximum atomic E-state index is 5.69. The molecule has 1 saturated heterocycles. The smallest absolute Gasteiger partial charge is 0.163 e. The lowest BCUT2D eigenvalue weighted by Crippen LogP contribution is -2.30. The molecule has 0 unspecified atom stereocenters. The first-order valence-electron chi connectivity index (χ1n) is 10.3. The molecule has 1 fully saturated rings. The minimum atomic E-state index is 0.605. The summed E-state index contributed by atoms with van der Waals surface area (Å²) in [6, 6.07) is 12.7. The summed E-state index contributed by atoms with van der Waals surface area (Å²) in [6.45, 7) is 7.98. The third kappa shape index (κ3) is 4.02. The number of rotatable bonds is 4. The molecule has 1 N–H and O–H groups in total. The number of anilines is 2. The zero-order chi connectivity index (χ0) is 19.5. The van der Waals surface area contributed by atoms with Gasteiger partial charge in [0.2, 0.25) is 0 Å². The Balaban J connectivity index is 1.51. The second-order valence-electron chi connectivity index (χ2n) is 7.83. The second-order valence-corrected chi connectivity index (χ2v) is 7.83. The van der Waals surface area contributed by atoms with Gasteiger partial charge in [0, 0.05) is 17.4 Å². The number of ether oxygens (including phenoxy) is 2. The average molecular weight is 379 g/mol. The molecule has 4 rings (SSSR count). The first-order chi connectivity index (χ1) is 13.6. The Hall–Kier alpha value is -2.46. The number of benzene rings is 2. The zero-order valence-corrected chi connectivity index (χ0v) is 17.1. The van der Waals surface area contributed by atoms with E-state index in [0.717, 1.165) is 22.9 Å². The maximum absolute atomic E-state index is 5.69. The Morgan fingerprint density at radius 1 is 1.00 bits per heavy atom. The Morgan fingerprint density at radius 3 is 2.39 bits per heavy atom. The fourth-order valence-electron chi connectivity index (χ4n) is 4.28. The topological polar surface area (TPSA) is 33.7 Å². The highest BCUT2D eigenvalue weighted by Gasteiger charge is 2.22. The van der Waals surface area contributed by atoms with Crippen molar-refractivity contribution in [3.63, 3.8) is 0 Å². The largest absolute Gasteiger partial charge is 0.486 e. The summed E-state index contributed by atoms with van der Waals surface area (Å²) in [6.07, 6.45) is 4.80. The van der Waals surface area contributed by atoms with E-state index in [4.69, 9.17) is 9.47 Å². The van der Waals surface area contributed by atoms with Crippen LogP contribution in [-0.4, -0.2) is 38.3 Å². The molecule has 0 aliphatic carbocycles. The van der Waals surface area contributed by atoms with Crippen molar-refractivity contribution < 1.29 is 9.47 Å². The number of nitrogens with one attached hydrogen (secondary N) is 1. The van der Waals surface area contributed by atoms with Gasteiger partial charge in [-0.2, -0.15) is 0 Å². The molecule has 2 heterocycles. The molecule has 0 bridgehead atoms. The molecular weight excluding hydrogens is 348 g/mol. The van der Waals surface area contributed by atoms with Gasteiger partial charge in [0.05, 0.1) is 0 Å². The number of allylic oxidation sites excluding steroid dienone is 2. The molecule has 0 atom stereocenters. The number of hydrogen-bond acceptors (Lipinski definition) is 4. The van der Waals surface area contributed by atoms with E-state index in [-0.39, 0.29) is 0 Å². The lowest BCUT2D eigenvalue weighted by molar-refractivity contribution is 0.171. The van der Waals surface area contributed by atoms with Crippen LogP contribution in [0.25, 0.3) is 5.57 Å². The maximum Gasteiger partial charge on any atom is 0.163 e. The van der Waals surface area contributed by atoms with Gasteiger partial charge in [0.25, 0.3) is 0 Å². The predicted octanol–water partition coefficient (Wildman–Crippen LogP) is 5.25. The van der Waals surface area contributed by atoms with E-state index in [1.165, 1.54) is 42.6 Å². The molecule has 148 valence electrons. The van der Waals surface area contributed by atoms with E-state index < -0.39 is 0 Å².